The molecule has 0 aliphatic heterocycles. The summed E-state index contributed by atoms with van der Waals surface area (Å²) in [7, 11) is 0. The number of carbonyl (C=O) groups excluding carboxylic acids is 2. The Morgan fingerprint density at radius 2 is 1.06 bits per heavy atom. The topological polar surface area (TPSA) is 52.6 Å². The molecule has 0 aliphatic rings. The SMILES string of the molecule is CCCCCCCCCCc1ccc(OC(=O)c2ccc(OC(=O)CCCCCCC)cc2)cc1. The quantitative estimate of drug-likeness (QED) is 0.121. The summed E-state index contributed by atoms with van der Waals surface area (Å²) in [5.74, 6) is 0.331. The van der Waals surface area contributed by atoms with Gasteiger partial charge in [-0.3, -0.25) is 4.79 Å². The molecule has 0 saturated heterocycles. The maximum atomic E-state index is 12.5. The second-order valence-corrected chi connectivity index (χ2v) is 9.42. The average Bonchev–Trinajstić information content (AvgIpc) is 2.87. The van der Waals surface area contributed by atoms with Crippen molar-refractivity contribution in [3.05, 3.63) is 59.7 Å². The molecule has 0 heterocycles. The predicted molar refractivity (Wildman–Crippen MR) is 143 cm³/mol. The van der Waals surface area contributed by atoms with Gasteiger partial charge in [-0.25, -0.2) is 4.79 Å². The Kier molecular flexibility index (Phi) is 14.5. The van der Waals surface area contributed by atoms with Crippen molar-refractivity contribution < 1.29 is 19.1 Å². The highest BCUT2D eigenvalue weighted by atomic mass is 16.5. The van der Waals surface area contributed by atoms with Crippen LogP contribution in [-0.4, -0.2) is 11.9 Å². The monoisotopic (exact) mass is 480 g/mol. The van der Waals surface area contributed by atoms with Crippen molar-refractivity contribution >= 4 is 11.9 Å². The zero-order valence-corrected chi connectivity index (χ0v) is 21.9. The zero-order valence-electron chi connectivity index (χ0n) is 21.9. The minimum absolute atomic E-state index is 0.233. The van der Waals surface area contributed by atoms with Gasteiger partial charge in [-0.15, -0.1) is 0 Å². The first-order chi connectivity index (χ1) is 17.1. The van der Waals surface area contributed by atoms with Crippen LogP contribution in [0, 0.1) is 0 Å². The summed E-state index contributed by atoms with van der Waals surface area (Å²) in [6, 6.07) is 14.3. The fourth-order valence-electron chi connectivity index (χ4n) is 4.07. The van der Waals surface area contributed by atoms with Gasteiger partial charge in [0.1, 0.15) is 11.5 Å². The number of unbranched alkanes of at least 4 members (excludes halogenated alkanes) is 11. The normalized spacial score (nSPS) is 10.8. The largest absolute Gasteiger partial charge is 0.427 e. The van der Waals surface area contributed by atoms with E-state index in [1.165, 1.54) is 69.8 Å². The van der Waals surface area contributed by atoms with Gasteiger partial charge in [-0.1, -0.05) is 96.6 Å². The van der Waals surface area contributed by atoms with Gasteiger partial charge in [-0.2, -0.15) is 0 Å². The summed E-state index contributed by atoms with van der Waals surface area (Å²) in [6.07, 6.45) is 17.4. The van der Waals surface area contributed by atoms with E-state index in [-0.39, 0.29) is 5.97 Å². The number of esters is 2. The molecular weight excluding hydrogens is 436 g/mol. The van der Waals surface area contributed by atoms with Crippen molar-refractivity contribution in [3.8, 4) is 11.5 Å². The number of hydrogen-bond donors (Lipinski definition) is 0. The Morgan fingerprint density at radius 1 is 0.571 bits per heavy atom. The van der Waals surface area contributed by atoms with Crippen LogP contribution < -0.4 is 9.47 Å². The molecule has 0 aliphatic carbocycles. The molecule has 192 valence electrons. The molecule has 4 heteroatoms. The van der Waals surface area contributed by atoms with Crippen molar-refractivity contribution in [1.29, 1.82) is 0 Å². The fraction of sp³-hybridized carbons (Fsp3) is 0.548. The standard InChI is InChI=1S/C31H44O4/c1-3-5-7-9-10-11-13-14-16-26-18-22-29(23-19-26)35-31(33)27-20-24-28(25-21-27)34-30(32)17-15-12-8-6-4-2/h18-25H,3-17H2,1-2H3. The predicted octanol–water partition coefficient (Wildman–Crippen LogP) is 8.85. The van der Waals surface area contributed by atoms with Crippen LogP contribution in [0.1, 0.15) is 120 Å². The van der Waals surface area contributed by atoms with Crippen molar-refractivity contribution in [1.82, 2.24) is 0 Å². The first kappa shape index (κ1) is 28.6. The number of benzene rings is 2. The van der Waals surface area contributed by atoms with E-state index in [4.69, 9.17) is 9.47 Å². The first-order valence-electron chi connectivity index (χ1n) is 13.7. The molecule has 0 fully saturated rings. The summed E-state index contributed by atoms with van der Waals surface area (Å²) in [6.45, 7) is 4.42. The van der Waals surface area contributed by atoms with Crippen LogP contribution in [0.3, 0.4) is 0 Å². The molecule has 0 aromatic heterocycles. The number of hydrogen-bond acceptors (Lipinski definition) is 4. The second kappa shape index (κ2) is 17.8. The zero-order chi connectivity index (χ0) is 25.1. The third-order valence-corrected chi connectivity index (χ3v) is 6.26. The molecule has 2 aromatic carbocycles. The van der Waals surface area contributed by atoms with Crippen molar-refractivity contribution in [2.24, 2.45) is 0 Å². The Hall–Kier alpha value is -2.62. The Balaban J connectivity index is 1.67. The first-order valence-corrected chi connectivity index (χ1v) is 13.7. The minimum Gasteiger partial charge on any atom is -0.427 e. The van der Waals surface area contributed by atoms with Crippen LogP contribution in [0.5, 0.6) is 11.5 Å². The van der Waals surface area contributed by atoms with Crippen LogP contribution in [0.15, 0.2) is 48.5 Å². The van der Waals surface area contributed by atoms with E-state index in [1.54, 1.807) is 24.3 Å². The molecule has 0 N–H and O–H groups in total. The summed E-state index contributed by atoms with van der Waals surface area (Å²) < 4.78 is 10.9. The van der Waals surface area contributed by atoms with Crippen molar-refractivity contribution in [2.45, 2.75) is 110 Å². The average molecular weight is 481 g/mol. The molecule has 0 bridgehead atoms. The Labute approximate surface area is 212 Å². The maximum absolute atomic E-state index is 12.5. The molecule has 0 spiro atoms. The lowest BCUT2D eigenvalue weighted by atomic mass is 10.0. The molecule has 0 saturated carbocycles. The van der Waals surface area contributed by atoms with Gasteiger partial charge in [0.2, 0.25) is 0 Å². The molecule has 0 amide bonds. The van der Waals surface area contributed by atoms with Gasteiger partial charge < -0.3 is 9.47 Å². The van der Waals surface area contributed by atoms with Crippen LogP contribution in [0.4, 0.5) is 0 Å². The number of carbonyl (C=O) groups is 2. The third-order valence-electron chi connectivity index (χ3n) is 6.26. The van der Waals surface area contributed by atoms with Gasteiger partial charge in [0, 0.05) is 6.42 Å². The summed E-state index contributed by atoms with van der Waals surface area (Å²) in [4.78, 5) is 24.4. The summed E-state index contributed by atoms with van der Waals surface area (Å²) >= 11 is 0. The highest BCUT2D eigenvalue weighted by Gasteiger charge is 2.10. The van der Waals surface area contributed by atoms with E-state index < -0.39 is 5.97 Å². The van der Waals surface area contributed by atoms with Crippen molar-refractivity contribution in [2.75, 3.05) is 0 Å². The van der Waals surface area contributed by atoms with E-state index in [0.29, 0.717) is 23.5 Å². The van der Waals surface area contributed by atoms with E-state index >= 15 is 0 Å². The Morgan fingerprint density at radius 3 is 1.66 bits per heavy atom. The van der Waals surface area contributed by atoms with Gasteiger partial charge >= 0.3 is 11.9 Å². The highest BCUT2D eigenvalue weighted by molar-refractivity contribution is 5.91. The maximum Gasteiger partial charge on any atom is 0.343 e. The number of rotatable bonds is 18. The molecule has 0 radical (unpaired) electrons. The van der Waals surface area contributed by atoms with Crippen LogP contribution >= 0.6 is 0 Å². The smallest absolute Gasteiger partial charge is 0.343 e. The molecule has 2 rings (SSSR count). The molecule has 2 aromatic rings. The molecule has 35 heavy (non-hydrogen) atoms. The lowest BCUT2D eigenvalue weighted by Crippen LogP contribution is -2.10. The van der Waals surface area contributed by atoms with Crippen molar-refractivity contribution in [3.63, 3.8) is 0 Å². The Bertz CT molecular complexity index is 839. The van der Waals surface area contributed by atoms with Crippen LogP contribution in [-0.2, 0) is 11.2 Å². The van der Waals surface area contributed by atoms with Gasteiger partial charge in [0.25, 0.3) is 0 Å². The number of aryl methyl sites for hydroxylation is 1. The van der Waals surface area contributed by atoms with Gasteiger partial charge in [0.05, 0.1) is 5.56 Å². The van der Waals surface area contributed by atoms with E-state index in [2.05, 4.69) is 13.8 Å². The lowest BCUT2D eigenvalue weighted by Gasteiger charge is -2.08. The summed E-state index contributed by atoms with van der Waals surface area (Å²) in [5.41, 5.74) is 1.69. The van der Waals surface area contributed by atoms with Gasteiger partial charge in [-0.05, 0) is 61.2 Å². The third kappa shape index (κ3) is 12.6. The highest BCUT2D eigenvalue weighted by Crippen LogP contribution is 2.19. The van der Waals surface area contributed by atoms with Crippen LogP contribution in [0.2, 0.25) is 0 Å². The van der Waals surface area contributed by atoms with Crippen LogP contribution in [0.25, 0.3) is 0 Å². The van der Waals surface area contributed by atoms with E-state index in [1.807, 2.05) is 24.3 Å². The van der Waals surface area contributed by atoms with E-state index in [0.717, 1.165) is 25.7 Å². The summed E-state index contributed by atoms with van der Waals surface area (Å²) in [5, 5.41) is 0. The molecule has 0 unspecified atom stereocenters. The molecule has 0 atom stereocenters. The van der Waals surface area contributed by atoms with Gasteiger partial charge in [0.15, 0.2) is 0 Å². The van der Waals surface area contributed by atoms with E-state index in [9.17, 15) is 9.59 Å². The molecular formula is C31H44O4. The second-order valence-electron chi connectivity index (χ2n) is 9.42. The fourth-order valence-corrected chi connectivity index (χ4v) is 4.07. The number of ether oxygens (including phenoxy) is 2. The lowest BCUT2D eigenvalue weighted by molar-refractivity contribution is -0.134. The molecule has 4 nitrogen and oxygen atoms in total. The minimum atomic E-state index is -0.422.